The van der Waals surface area contributed by atoms with Crippen LogP contribution in [0.2, 0.25) is 0 Å². The molecule has 1 aliphatic rings. The lowest BCUT2D eigenvalue weighted by atomic mass is 9.72. The van der Waals surface area contributed by atoms with E-state index in [-0.39, 0.29) is 5.91 Å². The number of carbonyl (C=O) groups is 2. The Balaban J connectivity index is 3.00. The van der Waals surface area contributed by atoms with Crippen LogP contribution in [0, 0.1) is 39.9 Å². The van der Waals surface area contributed by atoms with Crippen LogP contribution in [0.4, 0.5) is 0 Å². The number of nitrogens with one attached hydrogen (secondary N) is 2. The monoisotopic (exact) mass is 334 g/mol. The molecule has 1 heterocycles. The van der Waals surface area contributed by atoms with Gasteiger partial charge in [-0.3, -0.25) is 9.59 Å². The molecule has 0 saturated heterocycles. The van der Waals surface area contributed by atoms with Crippen molar-refractivity contribution in [1.29, 1.82) is 10.5 Å². The molecule has 6 nitrogen and oxygen atoms in total. The summed E-state index contributed by atoms with van der Waals surface area (Å²) in [7, 11) is 0. The van der Waals surface area contributed by atoms with E-state index in [1.54, 1.807) is 20.8 Å². The van der Waals surface area contributed by atoms with Crippen LogP contribution >= 0.6 is 11.8 Å². The highest BCUT2D eigenvalue weighted by molar-refractivity contribution is 8.04. The first kappa shape index (κ1) is 19.1. The molecule has 2 amide bonds. The first-order valence-electron chi connectivity index (χ1n) is 7.44. The molecule has 23 heavy (non-hydrogen) atoms. The van der Waals surface area contributed by atoms with Gasteiger partial charge >= 0.3 is 0 Å². The van der Waals surface area contributed by atoms with Crippen molar-refractivity contribution in [1.82, 2.24) is 10.6 Å². The summed E-state index contributed by atoms with van der Waals surface area (Å²) in [5.41, 5.74) is -0.556. The molecule has 0 spiro atoms. The Morgan fingerprint density at radius 2 is 2.00 bits per heavy atom. The minimum absolute atomic E-state index is 0.150. The minimum atomic E-state index is -0.924. The molecule has 0 aromatic rings. The van der Waals surface area contributed by atoms with Gasteiger partial charge in [0.25, 0.3) is 0 Å². The molecule has 0 unspecified atom stereocenters. The van der Waals surface area contributed by atoms with Crippen molar-refractivity contribution in [3.63, 3.8) is 0 Å². The van der Waals surface area contributed by atoms with E-state index in [4.69, 9.17) is 0 Å². The smallest absolute Gasteiger partial charge is 0.243 e. The van der Waals surface area contributed by atoms with Crippen LogP contribution in [0.25, 0.3) is 0 Å². The average Bonchev–Trinajstić information content (AvgIpc) is 2.44. The quantitative estimate of drug-likeness (QED) is 0.799. The van der Waals surface area contributed by atoms with Crippen LogP contribution in [0.15, 0.2) is 10.6 Å². The summed E-state index contributed by atoms with van der Waals surface area (Å²) in [4.78, 5) is 24.2. The van der Waals surface area contributed by atoms with Crippen LogP contribution in [0.5, 0.6) is 0 Å². The van der Waals surface area contributed by atoms with Crippen LogP contribution in [-0.2, 0) is 9.59 Å². The maximum Gasteiger partial charge on any atom is 0.243 e. The van der Waals surface area contributed by atoms with Gasteiger partial charge in [-0.2, -0.15) is 10.5 Å². The molecule has 0 aromatic carbocycles. The Bertz CT molecular complexity index is 611. The third-order valence-electron chi connectivity index (χ3n) is 3.68. The van der Waals surface area contributed by atoms with E-state index in [0.29, 0.717) is 23.1 Å². The summed E-state index contributed by atoms with van der Waals surface area (Å²) < 4.78 is 0. The van der Waals surface area contributed by atoms with E-state index in [0.717, 1.165) is 11.8 Å². The van der Waals surface area contributed by atoms with Gasteiger partial charge in [0.2, 0.25) is 11.8 Å². The lowest BCUT2D eigenvalue weighted by Gasteiger charge is -2.35. The van der Waals surface area contributed by atoms with Crippen molar-refractivity contribution in [3.05, 3.63) is 10.6 Å². The highest BCUT2D eigenvalue weighted by atomic mass is 32.2. The molecular weight excluding hydrogens is 312 g/mol. The highest BCUT2D eigenvalue weighted by Gasteiger charge is 2.45. The molecular formula is C16H22N4O2S. The predicted octanol–water partition coefficient (Wildman–Crippen LogP) is 1.91. The number of hydrogen-bond donors (Lipinski definition) is 2. The van der Waals surface area contributed by atoms with Gasteiger partial charge < -0.3 is 10.6 Å². The van der Waals surface area contributed by atoms with Crippen molar-refractivity contribution in [2.75, 3.05) is 6.54 Å². The summed E-state index contributed by atoms with van der Waals surface area (Å²) in [5, 5.41) is 24.0. The third kappa shape index (κ3) is 4.27. The summed E-state index contributed by atoms with van der Waals surface area (Å²) in [6.45, 7) is 9.69. The van der Waals surface area contributed by atoms with Gasteiger partial charge in [0.15, 0.2) is 0 Å². The van der Waals surface area contributed by atoms with E-state index >= 15 is 0 Å². The second-order valence-corrected chi connectivity index (χ2v) is 7.84. The zero-order chi connectivity index (χ0) is 17.8. The molecule has 2 atom stereocenters. The molecule has 1 rings (SSSR count). The number of amides is 2. The Labute approximate surface area is 141 Å². The molecule has 0 bridgehead atoms. The number of hydrogen-bond acceptors (Lipinski definition) is 5. The third-order valence-corrected chi connectivity index (χ3v) is 4.79. The van der Waals surface area contributed by atoms with E-state index < -0.39 is 22.5 Å². The molecule has 0 aromatic heterocycles. The Kier molecular flexibility index (Phi) is 6.23. The molecule has 0 radical (unpaired) electrons. The summed E-state index contributed by atoms with van der Waals surface area (Å²) in [6.07, 6.45) is 0. The number of rotatable bonds is 5. The van der Waals surface area contributed by atoms with E-state index in [9.17, 15) is 20.1 Å². The fraction of sp³-hybridized carbons (Fsp3) is 0.625. The molecule has 0 fully saturated rings. The number of nitrogens with zero attached hydrogens (tertiary/aromatic N) is 2. The van der Waals surface area contributed by atoms with Crippen molar-refractivity contribution in [3.8, 4) is 12.1 Å². The molecule has 7 heteroatoms. The Hall–Kier alpha value is -1.99. The Morgan fingerprint density at radius 1 is 1.39 bits per heavy atom. The first-order valence-corrected chi connectivity index (χ1v) is 8.32. The summed E-state index contributed by atoms with van der Waals surface area (Å²) in [6, 6.07) is 4.04. The predicted molar refractivity (Wildman–Crippen MR) is 88.6 cm³/mol. The summed E-state index contributed by atoms with van der Waals surface area (Å²) >= 11 is 1.14. The number of allylic oxidation sites excluding steroid dienone is 1. The Morgan fingerprint density at radius 3 is 2.48 bits per heavy atom. The van der Waals surface area contributed by atoms with Crippen molar-refractivity contribution in [2.45, 2.75) is 39.9 Å². The molecule has 0 aliphatic carbocycles. The van der Waals surface area contributed by atoms with Crippen LogP contribution < -0.4 is 10.6 Å². The van der Waals surface area contributed by atoms with Gasteiger partial charge in [-0.05, 0) is 12.8 Å². The van der Waals surface area contributed by atoms with Gasteiger partial charge in [-0.1, -0.05) is 39.5 Å². The van der Waals surface area contributed by atoms with E-state index in [1.165, 1.54) is 0 Å². The second-order valence-electron chi connectivity index (χ2n) is 6.49. The van der Waals surface area contributed by atoms with Crippen LogP contribution in [0.1, 0.15) is 34.6 Å². The maximum absolute atomic E-state index is 12.1. The fourth-order valence-electron chi connectivity index (χ4n) is 2.19. The average molecular weight is 334 g/mol. The first-order chi connectivity index (χ1) is 10.6. The number of nitriles is 2. The van der Waals surface area contributed by atoms with Gasteiger partial charge in [-0.25, -0.2) is 0 Å². The van der Waals surface area contributed by atoms with Crippen molar-refractivity contribution >= 4 is 23.6 Å². The van der Waals surface area contributed by atoms with Crippen molar-refractivity contribution in [2.24, 2.45) is 17.3 Å². The number of thioether (sulfide) groups is 1. The lowest BCUT2D eigenvalue weighted by molar-refractivity contribution is -0.125. The fourth-order valence-corrected chi connectivity index (χ4v) is 3.32. The van der Waals surface area contributed by atoms with Crippen LogP contribution in [0.3, 0.4) is 0 Å². The standard InChI is InChI=1S/C16H22N4O2S/c1-9(2)8-19-13(21)10(3)23-15-12(7-18)16(4,5)11(6-17)14(22)20-15/h9-11H,8H2,1-5H3,(H,19,21)(H,20,22)/t10-,11+/m0/s1. The largest absolute Gasteiger partial charge is 0.355 e. The minimum Gasteiger partial charge on any atom is -0.355 e. The molecule has 0 saturated carbocycles. The highest BCUT2D eigenvalue weighted by Crippen LogP contribution is 2.42. The maximum atomic E-state index is 12.1. The van der Waals surface area contributed by atoms with Crippen LogP contribution in [-0.4, -0.2) is 23.6 Å². The zero-order valence-corrected chi connectivity index (χ0v) is 14.9. The van der Waals surface area contributed by atoms with Gasteiger partial charge in [-0.15, -0.1) is 0 Å². The van der Waals surface area contributed by atoms with Gasteiger partial charge in [0.05, 0.1) is 28.0 Å². The van der Waals surface area contributed by atoms with Gasteiger partial charge in [0, 0.05) is 12.0 Å². The topological polar surface area (TPSA) is 106 Å². The zero-order valence-electron chi connectivity index (χ0n) is 14.1. The van der Waals surface area contributed by atoms with Crippen molar-refractivity contribution < 1.29 is 9.59 Å². The lowest BCUT2D eigenvalue weighted by Crippen LogP contribution is -2.45. The normalized spacial score (nSPS) is 21.2. The van der Waals surface area contributed by atoms with E-state index in [2.05, 4.69) is 16.7 Å². The van der Waals surface area contributed by atoms with E-state index in [1.807, 2.05) is 19.9 Å². The molecule has 124 valence electrons. The SMILES string of the molecule is CC(C)CNC(=O)[C@H](C)SC1=C(C#N)C(C)(C)[C@H](C#N)C(=O)N1. The summed E-state index contributed by atoms with van der Waals surface area (Å²) in [5.74, 6) is -1.17. The molecule has 2 N–H and O–H groups in total. The number of carbonyl (C=O) groups excluding carboxylic acids is 2. The van der Waals surface area contributed by atoms with Gasteiger partial charge in [0.1, 0.15) is 5.92 Å². The second kappa shape index (κ2) is 7.52. The molecule has 1 aliphatic heterocycles.